The molecule has 2 aromatic rings. The maximum Gasteiger partial charge on any atom is 0.264 e. The molecule has 2 N–H and O–H groups in total. The molecule has 0 fully saturated rings. The highest BCUT2D eigenvalue weighted by atomic mass is 16.3. The lowest BCUT2D eigenvalue weighted by Gasteiger charge is -2.27. The van der Waals surface area contributed by atoms with E-state index in [0.29, 0.717) is 17.8 Å². The molecule has 30 heavy (non-hydrogen) atoms. The number of hydrogen-bond acceptors (Lipinski definition) is 4. The zero-order valence-corrected chi connectivity index (χ0v) is 17.4. The Labute approximate surface area is 177 Å². The first-order valence-electron chi connectivity index (χ1n) is 10.1. The van der Waals surface area contributed by atoms with E-state index in [2.05, 4.69) is 0 Å². The van der Waals surface area contributed by atoms with Gasteiger partial charge in [-0.25, -0.2) is 0 Å². The van der Waals surface area contributed by atoms with Crippen LogP contribution in [0.4, 0.5) is 5.69 Å². The van der Waals surface area contributed by atoms with Crippen molar-refractivity contribution in [1.29, 1.82) is 0 Å². The highest BCUT2D eigenvalue weighted by molar-refractivity contribution is 6.06. The summed E-state index contributed by atoms with van der Waals surface area (Å²) in [7, 11) is 1.65. The van der Waals surface area contributed by atoms with Crippen molar-refractivity contribution in [3.8, 4) is 0 Å². The fraction of sp³-hybridized carbons (Fsp3) is 0.333. The van der Waals surface area contributed by atoms with E-state index in [9.17, 15) is 19.8 Å². The monoisotopic (exact) mass is 408 g/mol. The van der Waals surface area contributed by atoms with Gasteiger partial charge in [-0.15, -0.1) is 0 Å². The van der Waals surface area contributed by atoms with E-state index >= 15 is 0 Å². The molecule has 0 aromatic heterocycles. The molecule has 0 radical (unpaired) electrons. The second kappa shape index (κ2) is 9.24. The minimum Gasteiger partial charge on any atom is -0.395 e. The molecule has 3 rings (SSSR count). The number of benzene rings is 2. The predicted molar refractivity (Wildman–Crippen MR) is 116 cm³/mol. The van der Waals surface area contributed by atoms with Gasteiger partial charge in [-0.2, -0.15) is 0 Å². The Balaban J connectivity index is 1.69. The number of carbonyl (C=O) groups excluding carboxylic acids is 2. The van der Waals surface area contributed by atoms with Crippen LogP contribution in [0.1, 0.15) is 24.5 Å². The Morgan fingerprint density at radius 1 is 1.17 bits per heavy atom. The van der Waals surface area contributed by atoms with Crippen molar-refractivity contribution in [2.75, 3.05) is 25.1 Å². The Morgan fingerprint density at radius 3 is 2.53 bits per heavy atom. The summed E-state index contributed by atoms with van der Waals surface area (Å²) in [5.41, 5.74) is 0.604. The molecule has 0 unspecified atom stereocenters. The van der Waals surface area contributed by atoms with Gasteiger partial charge in [0.2, 0.25) is 5.91 Å². The summed E-state index contributed by atoms with van der Waals surface area (Å²) in [6.07, 6.45) is 3.53. The third kappa shape index (κ3) is 4.15. The van der Waals surface area contributed by atoms with Crippen LogP contribution in [-0.4, -0.2) is 47.1 Å². The van der Waals surface area contributed by atoms with Crippen molar-refractivity contribution in [3.05, 3.63) is 77.9 Å². The molecule has 0 aliphatic carbocycles. The molecular weight excluding hydrogens is 380 g/mol. The number of para-hydroxylation sites is 1. The predicted octanol–water partition coefficient (Wildman–Crippen LogP) is 2.45. The molecule has 158 valence electrons. The van der Waals surface area contributed by atoms with Crippen molar-refractivity contribution >= 4 is 17.5 Å². The number of aliphatic hydroxyl groups is 2. The lowest BCUT2D eigenvalue weighted by atomic mass is 9.83. The average Bonchev–Trinajstić information content (AvgIpc) is 2.96. The SMILES string of the molecule is C[C@H](/C=C/CC(=O)N(CCO)Cc1ccccc1)[C@@]1(O)C(=O)N(C)c2ccccc21. The number of nitrogens with zero attached hydrogens (tertiary/aromatic N) is 2. The Hall–Kier alpha value is -2.96. The number of aliphatic hydroxyl groups excluding tert-OH is 1. The van der Waals surface area contributed by atoms with Crippen molar-refractivity contribution in [3.63, 3.8) is 0 Å². The first kappa shape index (κ1) is 21.7. The highest BCUT2D eigenvalue weighted by Gasteiger charge is 2.51. The van der Waals surface area contributed by atoms with Crippen LogP contribution >= 0.6 is 0 Å². The highest BCUT2D eigenvalue weighted by Crippen LogP contribution is 2.44. The Morgan fingerprint density at radius 2 is 1.83 bits per heavy atom. The van der Waals surface area contributed by atoms with Crippen molar-refractivity contribution in [2.45, 2.75) is 25.5 Å². The van der Waals surface area contributed by atoms with Crippen LogP contribution < -0.4 is 4.90 Å². The quantitative estimate of drug-likeness (QED) is 0.658. The molecule has 1 aliphatic rings. The first-order valence-corrected chi connectivity index (χ1v) is 10.1. The molecule has 2 atom stereocenters. The summed E-state index contributed by atoms with van der Waals surface area (Å²) in [5, 5.41) is 20.5. The molecule has 2 aromatic carbocycles. The van der Waals surface area contributed by atoms with Gasteiger partial charge < -0.3 is 20.0 Å². The molecule has 0 saturated heterocycles. The van der Waals surface area contributed by atoms with Crippen molar-refractivity contribution in [1.82, 2.24) is 4.90 Å². The van der Waals surface area contributed by atoms with Crippen molar-refractivity contribution < 1.29 is 19.8 Å². The summed E-state index contributed by atoms with van der Waals surface area (Å²) >= 11 is 0. The summed E-state index contributed by atoms with van der Waals surface area (Å²) in [4.78, 5) is 28.5. The minimum atomic E-state index is -1.65. The normalized spacial score (nSPS) is 19.2. The van der Waals surface area contributed by atoms with Crippen LogP contribution in [0.15, 0.2) is 66.7 Å². The van der Waals surface area contributed by atoms with E-state index in [0.717, 1.165) is 5.56 Å². The molecule has 0 saturated carbocycles. The molecule has 2 amide bonds. The maximum atomic E-state index is 12.8. The molecule has 0 spiro atoms. The number of rotatable bonds is 8. The first-order chi connectivity index (χ1) is 14.4. The maximum absolute atomic E-state index is 12.8. The molecule has 6 heteroatoms. The van der Waals surface area contributed by atoms with Crippen molar-refractivity contribution in [2.24, 2.45) is 5.92 Å². The summed E-state index contributed by atoms with van der Waals surface area (Å²) < 4.78 is 0. The van der Waals surface area contributed by atoms with E-state index in [4.69, 9.17) is 0 Å². The van der Waals surface area contributed by atoms with Gasteiger partial charge in [0.1, 0.15) is 0 Å². The third-order valence-electron chi connectivity index (χ3n) is 5.62. The van der Waals surface area contributed by atoms with Crippen LogP contribution in [0.2, 0.25) is 0 Å². The zero-order chi connectivity index (χ0) is 21.7. The van der Waals surface area contributed by atoms with Crippen LogP contribution in [0.5, 0.6) is 0 Å². The van der Waals surface area contributed by atoms with Gasteiger partial charge in [0.25, 0.3) is 5.91 Å². The smallest absolute Gasteiger partial charge is 0.264 e. The fourth-order valence-electron chi connectivity index (χ4n) is 3.87. The van der Waals surface area contributed by atoms with Gasteiger partial charge in [-0.1, -0.05) is 67.6 Å². The number of amides is 2. The standard InChI is InChI=1S/C24H28N2O4/c1-18(24(30)20-12-6-7-13-21(20)25(2)23(24)29)9-8-14-22(28)26(15-16-27)17-19-10-4-3-5-11-19/h3-13,18,27,30H,14-17H2,1-2H3/b9-8+/t18-,24+/m1/s1. The van der Waals surface area contributed by atoms with Gasteiger partial charge in [0.15, 0.2) is 5.60 Å². The van der Waals surface area contributed by atoms with E-state index < -0.39 is 11.5 Å². The van der Waals surface area contributed by atoms with Crippen LogP contribution in [0.3, 0.4) is 0 Å². The lowest BCUT2D eigenvalue weighted by Crippen LogP contribution is -2.43. The number of hydrogen-bond donors (Lipinski definition) is 2. The van der Waals surface area contributed by atoms with Gasteiger partial charge >= 0.3 is 0 Å². The van der Waals surface area contributed by atoms with Crippen LogP contribution in [0.25, 0.3) is 0 Å². The van der Waals surface area contributed by atoms with Crippen LogP contribution in [-0.2, 0) is 21.7 Å². The molecule has 1 heterocycles. The number of likely N-dealkylation sites (N-methyl/N-ethyl adjacent to an activating group) is 1. The lowest BCUT2D eigenvalue weighted by molar-refractivity contribution is -0.139. The van der Waals surface area contributed by atoms with Gasteiger partial charge in [-0.05, 0) is 11.6 Å². The largest absolute Gasteiger partial charge is 0.395 e. The average molecular weight is 408 g/mol. The molecule has 1 aliphatic heterocycles. The number of anilines is 1. The third-order valence-corrected chi connectivity index (χ3v) is 5.62. The summed E-state index contributed by atoms with van der Waals surface area (Å²) in [6, 6.07) is 16.8. The number of carbonyl (C=O) groups is 2. The van der Waals surface area contributed by atoms with E-state index in [-0.39, 0.29) is 31.4 Å². The Kier molecular flexibility index (Phi) is 6.70. The van der Waals surface area contributed by atoms with E-state index in [1.54, 1.807) is 43.2 Å². The van der Waals surface area contributed by atoms with E-state index in [1.165, 1.54) is 4.90 Å². The second-order valence-electron chi connectivity index (χ2n) is 7.59. The second-order valence-corrected chi connectivity index (χ2v) is 7.59. The topological polar surface area (TPSA) is 81.1 Å². The molecule has 0 bridgehead atoms. The van der Waals surface area contributed by atoms with Crippen LogP contribution in [0, 0.1) is 5.92 Å². The zero-order valence-electron chi connectivity index (χ0n) is 17.4. The van der Waals surface area contributed by atoms with Gasteiger partial charge in [0, 0.05) is 38.0 Å². The van der Waals surface area contributed by atoms with E-state index in [1.807, 2.05) is 42.5 Å². The molecular formula is C24H28N2O4. The van der Waals surface area contributed by atoms with Gasteiger partial charge in [0.05, 0.1) is 12.3 Å². The fourth-order valence-corrected chi connectivity index (χ4v) is 3.87. The van der Waals surface area contributed by atoms with Gasteiger partial charge in [-0.3, -0.25) is 9.59 Å². The minimum absolute atomic E-state index is 0.115. The number of fused-ring (bicyclic) bond motifs is 1. The molecule has 6 nitrogen and oxygen atoms in total. The summed E-state index contributed by atoms with van der Waals surface area (Å²) in [6.45, 7) is 2.32. The summed E-state index contributed by atoms with van der Waals surface area (Å²) in [5.74, 6) is -1.01. The Bertz CT molecular complexity index is 928.